The standard InChI is InChI=1S/C34H54O6/c1-22(36)39-21-34-17-15-29(3,4)20-24(34)28(38)33(9,16-18-34)32(8)14-10-25-30(5,6)27(40-23(2)37)11-13-31(25,7)26(32)12-19-35/h19,24-27H,10-18,20-21H2,1-9H3/t24-,25-,26+,27-,31-,32+,33+,34+/m0/s1. The van der Waals surface area contributed by atoms with Gasteiger partial charge < -0.3 is 14.3 Å². The number of esters is 2. The highest BCUT2D eigenvalue weighted by atomic mass is 16.5. The maximum absolute atomic E-state index is 15.0. The fourth-order valence-corrected chi connectivity index (χ4v) is 10.6. The van der Waals surface area contributed by atoms with Gasteiger partial charge in [-0.05, 0) is 85.9 Å². The van der Waals surface area contributed by atoms with E-state index in [1.807, 2.05) is 0 Å². The average Bonchev–Trinajstić information content (AvgIpc) is 2.85. The predicted octanol–water partition coefficient (Wildman–Crippen LogP) is 7.11. The summed E-state index contributed by atoms with van der Waals surface area (Å²) in [6.45, 7) is 19.1. The summed E-state index contributed by atoms with van der Waals surface area (Å²) in [5.41, 5.74) is -1.50. The van der Waals surface area contributed by atoms with Crippen LogP contribution in [-0.2, 0) is 28.7 Å². The van der Waals surface area contributed by atoms with E-state index in [1.54, 1.807) is 0 Å². The van der Waals surface area contributed by atoms with Crippen molar-refractivity contribution in [1.82, 2.24) is 0 Å². The summed E-state index contributed by atoms with van der Waals surface area (Å²) in [5.74, 6) is 0.00168. The van der Waals surface area contributed by atoms with Crippen LogP contribution in [0.3, 0.4) is 0 Å². The summed E-state index contributed by atoms with van der Waals surface area (Å²) < 4.78 is 11.5. The Morgan fingerprint density at radius 1 is 0.875 bits per heavy atom. The summed E-state index contributed by atoms with van der Waals surface area (Å²) in [4.78, 5) is 51.1. The van der Waals surface area contributed by atoms with Crippen molar-refractivity contribution in [1.29, 1.82) is 0 Å². The number of ether oxygens (including phenoxy) is 2. The molecule has 4 saturated carbocycles. The second-order valence-corrected chi connectivity index (χ2v) is 16.2. The van der Waals surface area contributed by atoms with Crippen molar-refractivity contribution in [2.45, 2.75) is 133 Å². The maximum Gasteiger partial charge on any atom is 0.302 e. The summed E-state index contributed by atoms with van der Waals surface area (Å²) in [7, 11) is 0. The normalized spacial score (nSPS) is 44.1. The van der Waals surface area contributed by atoms with Crippen molar-refractivity contribution in [2.24, 2.45) is 50.2 Å². The van der Waals surface area contributed by atoms with Gasteiger partial charge in [0, 0.05) is 42.4 Å². The first kappa shape index (κ1) is 31.2. The highest BCUT2D eigenvalue weighted by Crippen LogP contribution is 2.72. The van der Waals surface area contributed by atoms with Crippen molar-refractivity contribution in [3.63, 3.8) is 0 Å². The van der Waals surface area contributed by atoms with Crippen molar-refractivity contribution < 1.29 is 28.7 Å². The third-order valence-corrected chi connectivity index (χ3v) is 13.2. The Balaban J connectivity index is 1.73. The van der Waals surface area contributed by atoms with Crippen LogP contribution in [0.4, 0.5) is 0 Å². The molecule has 0 spiro atoms. The summed E-state index contributed by atoms with van der Waals surface area (Å²) >= 11 is 0. The van der Waals surface area contributed by atoms with E-state index in [1.165, 1.54) is 13.8 Å². The van der Waals surface area contributed by atoms with E-state index in [0.717, 1.165) is 64.1 Å². The van der Waals surface area contributed by atoms with Crippen LogP contribution >= 0.6 is 0 Å². The van der Waals surface area contributed by atoms with E-state index in [9.17, 15) is 19.2 Å². The van der Waals surface area contributed by atoms with Crippen LogP contribution in [0.15, 0.2) is 0 Å². The molecule has 0 aromatic carbocycles. The third kappa shape index (κ3) is 4.77. The van der Waals surface area contributed by atoms with Crippen LogP contribution in [0, 0.1) is 50.2 Å². The maximum atomic E-state index is 15.0. The molecule has 0 aliphatic heterocycles. The van der Waals surface area contributed by atoms with Crippen LogP contribution in [0.2, 0.25) is 0 Å². The van der Waals surface area contributed by atoms with E-state index >= 15 is 0 Å². The van der Waals surface area contributed by atoms with E-state index in [0.29, 0.717) is 18.8 Å². The number of Topliss-reactive ketones (excluding diaryl/α,β-unsaturated/α-hetero) is 1. The lowest BCUT2D eigenvalue weighted by atomic mass is 9.36. The number of rotatable bonds is 6. The molecule has 0 N–H and O–H groups in total. The molecule has 0 bridgehead atoms. The van der Waals surface area contributed by atoms with Crippen molar-refractivity contribution >= 4 is 24.0 Å². The molecule has 4 fully saturated rings. The van der Waals surface area contributed by atoms with Gasteiger partial charge in [-0.3, -0.25) is 14.4 Å². The van der Waals surface area contributed by atoms with Gasteiger partial charge in [0.05, 0.1) is 6.61 Å². The molecule has 0 aromatic rings. The number of carbonyl (C=O) groups excluding carboxylic acids is 4. The van der Waals surface area contributed by atoms with Gasteiger partial charge in [-0.2, -0.15) is 0 Å². The quantitative estimate of drug-likeness (QED) is 0.255. The van der Waals surface area contributed by atoms with Crippen LogP contribution in [-0.4, -0.2) is 36.7 Å². The molecule has 4 rings (SSSR count). The van der Waals surface area contributed by atoms with Gasteiger partial charge >= 0.3 is 11.9 Å². The Labute approximate surface area is 242 Å². The van der Waals surface area contributed by atoms with Gasteiger partial charge in [0.1, 0.15) is 18.2 Å². The van der Waals surface area contributed by atoms with Gasteiger partial charge in [-0.1, -0.05) is 48.5 Å². The molecule has 6 nitrogen and oxygen atoms in total. The van der Waals surface area contributed by atoms with Gasteiger partial charge in [-0.15, -0.1) is 0 Å². The molecule has 8 atom stereocenters. The Bertz CT molecular complexity index is 1050. The first-order valence-electron chi connectivity index (χ1n) is 15.7. The number of aldehydes is 1. The number of hydrogen-bond acceptors (Lipinski definition) is 6. The zero-order chi connectivity index (χ0) is 29.9. The number of hydrogen-bond donors (Lipinski definition) is 0. The van der Waals surface area contributed by atoms with Crippen molar-refractivity contribution in [3.8, 4) is 0 Å². The molecule has 0 heterocycles. The molecule has 0 saturated heterocycles. The van der Waals surface area contributed by atoms with Crippen LogP contribution in [0.5, 0.6) is 0 Å². The first-order valence-corrected chi connectivity index (χ1v) is 15.7. The Hall–Kier alpha value is -1.72. The fraction of sp³-hybridized carbons (Fsp3) is 0.882. The molecular weight excluding hydrogens is 504 g/mol. The lowest BCUT2D eigenvalue weighted by molar-refractivity contribution is -0.217. The van der Waals surface area contributed by atoms with Crippen LogP contribution in [0.25, 0.3) is 0 Å². The zero-order valence-electron chi connectivity index (χ0n) is 26.6. The van der Waals surface area contributed by atoms with E-state index in [4.69, 9.17) is 9.47 Å². The first-order chi connectivity index (χ1) is 18.4. The second kappa shape index (κ2) is 10.2. The molecule has 0 aromatic heterocycles. The number of fused-ring (bicyclic) bond motifs is 2. The highest BCUT2D eigenvalue weighted by Gasteiger charge is 2.69. The highest BCUT2D eigenvalue weighted by molar-refractivity contribution is 5.89. The van der Waals surface area contributed by atoms with Crippen molar-refractivity contribution in [2.75, 3.05) is 6.61 Å². The lowest BCUT2D eigenvalue weighted by Gasteiger charge is -2.68. The molecule has 4 aliphatic carbocycles. The van der Waals surface area contributed by atoms with Gasteiger partial charge in [0.15, 0.2) is 0 Å². The van der Waals surface area contributed by atoms with E-state index < -0.39 is 5.41 Å². The SMILES string of the molecule is CC(=O)OC[C@]12CCC(C)(C)C[C@H]1C(=O)[C@](C)([C@]1(C)CC[C@H]3C(C)(C)[C@@H](OC(C)=O)CC[C@]3(C)[C@H]1CC=O)CC2. The average molecular weight is 559 g/mol. The topological polar surface area (TPSA) is 86.7 Å². The number of carbonyl (C=O) groups is 4. The molecule has 0 radical (unpaired) electrons. The molecule has 40 heavy (non-hydrogen) atoms. The van der Waals surface area contributed by atoms with Gasteiger partial charge in [0.25, 0.3) is 0 Å². The lowest BCUT2D eigenvalue weighted by Crippen LogP contribution is -2.66. The monoisotopic (exact) mass is 558 g/mol. The summed E-state index contributed by atoms with van der Waals surface area (Å²) in [6, 6.07) is 0. The minimum atomic E-state index is -0.566. The van der Waals surface area contributed by atoms with Gasteiger partial charge in [0.2, 0.25) is 0 Å². The van der Waals surface area contributed by atoms with Gasteiger partial charge in [-0.25, -0.2) is 0 Å². The van der Waals surface area contributed by atoms with E-state index in [-0.39, 0.29) is 62.9 Å². The minimum Gasteiger partial charge on any atom is -0.465 e. The predicted molar refractivity (Wildman–Crippen MR) is 154 cm³/mol. The Kier molecular flexibility index (Phi) is 7.98. The van der Waals surface area contributed by atoms with E-state index in [2.05, 4.69) is 48.5 Å². The molecule has 6 heteroatoms. The third-order valence-electron chi connectivity index (χ3n) is 13.2. The zero-order valence-corrected chi connectivity index (χ0v) is 26.6. The second-order valence-electron chi connectivity index (χ2n) is 16.2. The van der Waals surface area contributed by atoms with Crippen molar-refractivity contribution in [3.05, 3.63) is 0 Å². The van der Waals surface area contributed by atoms with Crippen LogP contribution < -0.4 is 0 Å². The minimum absolute atomic E-state index is 0.0559. The summed E-state index contributed by atoms with van der Waals surface area (Å²) in [5, 5.41) is 0. The Morgan fingerprint density at radius 3 is 2.12 bits per heavy atom. The molecular formula is C34H54O6. The molecule has 226 valence electrons. The molecule has 0 unspecified atom stereocenters. The largest absolute Gasteiger partial charge is 0.465 e. The Morgan fingerprint density at radius 2 is 1.52 bits per heavy atom. The number of ketones is 1. The molecule has 0 amide bonds. The summed E-state index contributed by atoms with van der Waals surface area (Å²) in [6.07, 6.45) is 9.23. The fourth-order valence-electron chi connectivity index (χ4n) is 10.6. The van der Waals surface area contributed by atoms with Crippen LogP contribution in [0.1, 0.15) is 127 Å². The smallest absolute Gasteiger partial charge is 0.302 e. The molecule has 4 aliphatic rings.